The van der Waals surface area contributed by atoms with Gasteiger partial charge >= 0.3 is 5.69 Å². The fourth-order valence-corrected chi connectivity index (χ4v) is 1.46. The Hall–Kier alpha value is -1.98. The minimum absolute atomic E-state index is 0.293. The van der Waals surface area contributed by atoms with E-state index in [0.717, 1.165) is 9.36 Å². The second-order valence-corrected chi connectivity index (χ2v) is 3.68. The molecule has 2 aromatic rings. The van der Waals surface area contributed by atoms with Gasteiger partial charge in [0.15, 0.2) is 0 Å². The lowest BCUT2D eigenvalue weighted by molar-refractivity contribution is 0.615. The van der Waals surface area contributed by atoms with Gasteiger partial charge in [-0.05, 0) is 47.5 Å². The number of nitrogens with zero attached hydrogens (tertiary/aromatic N) is 4. The molecule has 1 heterocycles. The van der Waals surface area contributed by atoms with Crippen LogP contribution in [0.15, 0.2) is 16.9 Å². The number of aryl methyl sites for hydroxylation is 3. The zero-order valence-electron chi connectivity index (χ0n) is 9.23. The zero-order valence-corrected chi connectivity index (χ0v) is 9.23. The van der Waals surface area contributed by atoms with Crippen molar-refractivity contribution in [2.45, 2.75) is 13.8 Å². The lowest BCUT2D eigenvalue weighted by atomic mass is 10.1. The fourth-order valence-electron chi connectivity index (χ4n) is 1.46. The first-order valence-electron chi connectivity index (χ1n) is 4.77. The molecule has 0 aliphatic rings. The molecular formula is C10H11FN4O. The molecule has 1 aromatic heterocycles. The SMILES string of the molecule is Cc1cc(-n2nnn(C)c2=O)c(C)cc1F. The average Bonchev–Trinajstić information content (AvgIpc) is 2.54. The molecular weight excluding hydrogens is 211 g/mol. The predicted molar refractivity (Wildman–Crippen MR) is 56.0 cm³/mol. The van der Waals surface area contributed by atoms with E-state index < -0.39 is 0 Å². The van der Waals surface area contributed by atoms with Crippen LogP contribution in [0.25, 0.3) is 5.69 Å². The van der Waals surface area contributed by atoms with Gasteiger partial charge < -0.3 is 0 Å². The van der Waals surface area contributed by atoms with Crippen LogP contribution in [0.4, 0.5) is 4.39 Å². The molecule has 2 rings (SSSR count). The van der Waals surface area contributed by atoms with Crippen molar-refractivity contribution in [1.29, 1.82) is 0 Å². The highest BCUT2D eigenvalue weighted by atomic mass is 19.1. The third kappa shape index (κ3) is 1.52. The van der Waals surface area contributed by atoms with E-state index in [-0.39, 0.29) is 11.5 Å². The smallest absolute Gasteiger partial charge is 0.244 e. The fraction of sp³-hybridized carbons (Fsp3) is 0.300. The molecule has 16 heavy (non-hydrogen) atoms. The Morgan fingerprint density at radius 1 is 1.19 bits per heavy atom. The van der Waals surface area contributed by atoms with Crippen LogP contribution in [0.3, 0.4) is 0 Å². The maximum absolute atomic E-state index is 13.3. The molecule has 0 aliphatic carbocycles. The summed E-state index contributed by atoms with van der Waals surface area (Å²) in [5.41, 5.74) is 1.31. The van der Waals surface area contributed by atoms with Gasteiger partial charge in [0.1, 0.15) is 5.82 Å². The Morgan fingerprint density at radius 3 is 2.44 bits per heavy atom. The Labute approximate surface area is 91.1 Å². The van der Waals surface area contributed by atoms with Crippen LogP contribution in [0, 0.1) is 19.7 Å². The topological polar surface area (TPSA) is 52.7 Å². The molecule has 0 N–H and O–H groups in total. The summed E-state index contributed by atoms with van der Waals surface area (Å²) in [4.78, 5) is 11.6. The third-order valence-electron chi connectivity index (χ3n) is 2.43. The number of halogens is 1. The minimum atomic E-state index is -0.353. The first kappa shape index (κ1) is 10.5. The second-order valence-electron chi connectivity index (χ2n) is 3.68. The number of benzene rings is 1. The molecule has 1 aromatic carbocycles. The van der Waals surface area contributed by atoms with Crippen LogP contribution in [0.5, 0.6) is 0 Å². The normalized spacial score (nSPS) is 10.8. The van der Waals surface area contributed by atoms with Gasteiger partial charge in [-0.2, -0.15) is 9.36 Å². The van der Waals surface area contributed by atoms with Gasteiger partial charge in [-0.3, -0.25) is 0 Å². The largest absolute Gasteiger partial charge is 0.368 e. The molecule has 0 saturated heterocycles. The van der Waals surface area contributed by atoms with E-state index in [1.165, 1.54) is 13.1 Å². The number of hydrogen-bond donors (Lipinski definition) is 0. The quantitative estimate of drug-likeness (QED) is 0.714. The van der Waals surface area contributed by atoms with Crippen LogP contribution in [0.2, 0.25) is 0 Å². The van der Waals surface area contributed by atoms with Crippen molar-refractivity contribution >= 4 is 0 Å². The van der Waals surface area contributed by atoms with Crippen molar-refractivity contribution in [3.63, 3.8) is 0 Å². The highest BCUT2D eigenvalue weighted by molar-refractivity contribution is 5.42. The molecule has 0 spiro atoms. The monoisotopic (exact) mass is 222 g/mol. The summed E-state index contributed by atoms with van der Waals surface area (Å²) in [6.07, 6.45) is 0. The highest BCUT2D eigenvalue weighted by Gasteiger charge is 2.11. The van der Waals surface area contributed by atoms with E-state index in [0.29, 0.717) is 16.8 Å². The highest BCUT2D eigenvalue weighted by Crippen LogP contribution is 2.16. The van der Waals surface area contributed by atoms with E-state index in [2.05, 4.69) is 10.4 Å². The van der Waals surface area contributed by atoms with Crippen LogP contribution < -0.4 is 5.69 Å². The molecule has 0 aliphatic heterocycles. The van der Waals surface area contributed by atoms with Crippen LogP contribution >= 0.6 is 0 Å². The molecule has 0 amide bonds. The molecule has 0 saturated carbocycles. The van der Waals surface area contributed by atoms with Gasteiger partial charge in [-0.1, -0.05) is 0 Å². The summed E-state index contributed by atoms with van der Waals surface area (Å²) >= 11 is 0. The summed E-state index contributed by atoms with van der Waals surface area (Å²) in [7, 11) is 1.51. The predicted octanol–water partition coefficient (Wildman–Crippen LogP) is 0.722. The van der Waals surface area contributed by atoms with Crippen molar-refractivity contribution < 1.29 is 4.39 Å². The third-order valence-corrected chi connectivity index (χ3v) is 2.43. The molecule has 0 fully saturated rings. The molecule has 0 atom stereocenters. The van der Waals surface area contributed by atoms with E-state index in [4.69, 9.17) is 0 Å². The van der Waals surface area contributed by atoms with Crippen molar-refractivity contribution in [2.75, 3.05) is 0 Å². The van der Waals surface area contributed by atoms with Crippen LogP contribution in [0.1, 0.15) is 11.1 Å². The Balaban J connectivity index is 2.70. The number of tetrazole rings is 1. The van der Waals surface area contributed by atoms with Gasteiger partial charge in [0.2, 0.25) is 0 Å². The zero-order chi connectivity index (χ0) is 11.9. The number of aromatic nitrogens is 4. The Kier molecular flexibility index (Phi) is 2.34. The summed E-state index contributed by atoms with van der Waals surface area (Å²) in [6.45, 7) is 3.36. The van der Waals surface area contributed by atoms with Gasteiger partial charge in [0, 0.05) is 7.05 Å². The van der Waals surface area contributed by atoms with E-state index >= 15 is 0 Å². The Bertz CT molecular complexity index is 599. The first-order valence-corrected chi connectivity index (χ1v) is 4.77. The van der Waals surface area contributed by atoms with E-state index in [1.807, 2.05) is 0 Å². The van der Waals surface area contributed by atoms with Crippen molar-refractivity contribution in [3.05, 3.63) is 39.6 Å². The van der Waals surface area contributed by atoms with E-state index in [9.17, 15) is 9.18 Å². The summed E-state index contributed by atoms with van der Waals surface area (Å²) < 4.78 is 15.5. The van der Waals surface area contributed by atoms with Crippen molar-refractivity contribution in [2.24, 2.45) is 7.05 Å². The summed E-state index contributed by atoms with van der Waals surface area (Å²) in [5, 5.41) is 7.32. The van der Waals surface area contributed by atoms with Gasteiger partial charge in [-0.15, -0.1) is 0 Å². The second kappa shape index (κ2) is 3.55. The first-order chi connectivity index (χ1) is 7.50. The lowest BCUT2D eigenvalue weighted by Crippen LogP contribution is -2.22. The standard InChI is InChI=1S/C10H11FN4O/c1-6-5-9(7(2)4-8(6)11)15-10(16)14(3)12-13-15/h4-5H,1-3H3. The van der Waals surface area contributed by atoms with Gasteiger partial charge in [-0.25, -0.2) is 9.18 Å². The molecule has 5 nitrogen and oxygen atoms in total. The minimum Gasteiger partial charge on any atom is -0.244 e. The van der Waals surface area contributed by atoms with Crippen molar-refractivity contribution in [3.8, 4) is 5.69 Å². The summed E-state index contributed by atoms with van der Waals surface area (Å²) in [6, 6.07) is 2.96. The molecule has 6 heteroatoms. The molecule has 0 radical (unpaired) electrons. The number of rotatable bonds is 1. The van der Waals surface area contributed by atoms with Crippen LogP contribution in [-0.2, 0) is 7.05 Å². The molecule has 84 valence electrons. The summed E-state index contributed by atoms with van der Waals surface area (Å²) in [5.74, 6) is -0.293. The Morgan fingerprint density at radius 2 is 1.88 bits per heavy atom. The molecule has 0 bridgehead atoms. The maximum Gasteiger partial charge on any atom is 0.368 e. The molecule has 0 unspecified atom stereocenters. The van der Waals surface area contributed by atoms with Gasteiger partial charge in [0.25, 0.3) is 0 Å². The lowest BCUT2D eigenvalue weighted by Gasteiger charge is -2.05. The van der Waals surface area contributed by atoms with Gasteiger partial charge in [0.05, 0.1) is 5.69 Å². The van der Waals surface area contributed by atoms with E-state index in [1.54, 1.807) is 19.9 Å². The maximum atomic E-state index is 13.3. The number of hydrogen-bond acceptors (Lipinski definition) is 3. The van der Waals surface area contributed by atoms with Crippen LogP contribution in [-0.4, -0.2) is 19.8 Å². The average molecular weight is 222 g/mol. The van der Waals surface area contributed by atoms with Crippen molar-refractivity contribution in [1.82, 2.24) is 19.8 Å².